The number of nitrogens with zero attached hydrogens (tertiary/aromatic N) is 1. The molecule has 0 radical (unpaired) electrons. The third-order valence-corrected chi connectivity index (χ3v) is 1.76. The van der Waals surface area contributed by atoms with Gasteiger partial charge in [0.15, 0.2) is 0 Å². The third kappa shape index (κ3) is 1.70. The Hall–Kier alpha value is -0.750. The number of alkyl halides is 2. The number of β-amino-alcohol motifs (C(OH)–C–C–N with tert-alkyl or cyclic N) is 2. The fourth-order valence-electron chi connectivity index (χ4n) is 1.09. The second kappa shape index (κ2) is 3.32. The highest BCUT2D eigenvalue weighted by atomic mass is 19.3. The number of aliphatic hydroxyl groups is 2. The monoisotopic (exact) mass is 181 g/mol. The van der Waals surface area contributed by atoms with Gasteiger partial charge in [0, 0.05) is 13.1 Å². The van der Waals surface area contributed by atoms with Crippen molar-refractivity contribution < 1.29 is 23.8 Å². The zero-order valence-electron chi connectivity index (χ0n) is 6.15. The molecule has 2 N–H and O–H groups in total. The minimum absolute atomic E-state index is 0.218. The van der Waals surface area contributed by atoms with Crippen LogP contribution in [-0.4, -0.2) is 52.7 Å². The molecule has 12 heavy (non-hydrogen) atoms. The van der Waals surface area contributed by atoms with E-state index in [-0.39, 0.29) is 13.1 Å². The van der Waals surface area contributed by atoms with Gasteiger partial charge in [0.25, 0.3) is 5.91 Å². The fourth-order valence-corrected chi connectivity index (χ4v) is 1.09. The first-order valence-electron chi connectivity index (χ1n) is 3.45. The molecular weight excluding hydrogens is 172 g/mol. The summed E-state index contributed by atoms with van der Waals surface area (Å²) < 4.78 is 23.6. The Morgan fingerprint density at radius 1 is 1.33 bits per heavy atom. The molecule has 0 aromatic heterocycles. The number of halogens is 2. The Balaban J connectivity index is 2.52. The number of amides is 1. The van der Waals surface area contributed by atoms with Crippen LogP contribution >= 0.6 is 0 Å². The molecule has 0 aromatic rings. The second-order valence-corrected chi connectivity index (χ2v) is 2.68. The Bertz CT molecular complexity index is 178. The van der Waals surface area contributed by atoms with Gasteiger partial charge in [-0.1, -0.05) is 0 Å². The molecule has 6 heteroatoms. The molecule has 70 valence electrons. The summed E-state index contributed by atoms with van der Waals surface area (Å²) in [7, 11) is 0. The van der Waals surface area contributed by atoms with Crippen molar-refractivity contribution in [2.24, 2.45) is 0 Å². The summed E-state index contributed by atoms with van der Waals surface area (Å²) in [5, 5.41) is 17.8. The molecule has 0 saturated carbocycles. The number of hydrogen-bond donors (Lipinski definition) is 2. The van der Waals surface area contributed by atoms with Crippen molar-refractivity contribution in [2.45, 2.75) is 18.6 Å². The van der Waals surface area contributed by atoms with Gasteiger partial charge < -0.3 is 15.1 Å². The Kier molecular flexibility index (Phi) is 2.58. The van der Waals surface area contributed by atoms with Crippen molar-refractivity contribution in [1.29, 1.82) is 0 Å². The number of hydrogen-bond acceptors (Lipinski definition) is 3. The molecule has 0 aliphatic carbocycles. The maximum atomic E-state index is 11.8. The first kappa shape index (κ1) is 9.34. The van der Waals surface area contributed by atoms with Gasteiger partial charge in [-0.2, -0.15) is 8.78 Å². The van der Waals surface area contributed by atoms with Crippen LogP contribution in [-0.2, 0) is 4.79 Å². The van der Waals surface area contributed by atoms with Crippen LogP contribution < -0.4 is 0 Å². The van der Waals surface area contributed by atoms with Crippen molar-refractivity contribution in [2.75, 3.05) is 13.1 Å². The van der Waals surface area contributed by atoms with Crippen LogP contribution in [0.2, 0.25) is 0 Å². The number of rotatable bonds is 1. The number of carbonyl (C=O) groups excluding carboxylic acids is 1. The van der Waals surface area contributed by atoms with Crippen LogP contribution in [0.15, 0.2) is 0 Å². The summed E-state index contributed by atoms with van der Waals surface area (Å²) >= 11 is 0. The van der Waals surface area contributed by atoms with Crippen molar-refractivity contribution >= 4 is 5.91 Å². The van der Waals surface area contributed by atoms with Crippen molar-refractivity contribution in [3.63, 3.8) is 0 Å². The number of likely N-dealkylation sites (tertiary alicyclic amines) is 1. The van der Waals surface area contributed by atoms with E-state index in [1.807, 2.05) is 0 Å². The van der Waals surface area contributed by atoms with Crippen molar-refractivity contribution in [1.82, 2.24) is 4.90 Å². The highest BCUT2D eigenvalue weighted by molar-refractivity contribution is 5.79. The molecule has 0 aromatic carbocycles. The Morgan fingerprint density at radius 2 is 1.75 bits per heavy atom. The van der Waals surface area contributed by atoms with Crippen LogP contribution in [0.1, 0.15) is 0 Å². The Labute approximate surface area is 67.4 Å². The van der Waals surface area contributed by atoms with E-state index in [2.05, 4.69) is 0 Å². The third-order valence-electron chi connectivity index (χ3n) is 1.76. The molecule has 1 saturated heterocycles. The first-order valence-corrected chi connectivity index (χ1v) is 3.45. The SMILES string of the molecule is O=C(C(F)F)N1C[C@@H](O)[C@@H](O)C1. The molecule has 1 amide bonds. The topological polar surface area (TPSA) is 60.8 Å². The van der Waals surface area contributed by atoms with Crippen LogP contribution in [0.25, 0.3) is 0 Å². The smallest absolute Gasteiger partial charge is 0.315 e. The predicted octanol–water partition coefficient (Wildman–Crippen LogP) is -1.18. The second-order valence-electron chi connectivity index (χ2n) is 2.68. The lowest BCUT2D eigenvalue weighted by Crippen LogP contribution is -2.34. The molecule has 0 unspecified atom stereocenters. The minimum atomic E-state index is -3.07. The average Bonchev–Trinajstić information content (AvgIpc) is 2.30. The lowest BCUT2D eigenvalue weighted by molar-refractivity contribution is -0.142. The van der Waals surface area contributed by atoms with Gasteiger partial charge in [-0.25, -0.2) is 0 Å². The van der Waals surface area contributed by atoms with Crippen molar-refractivity contribution in [3.05, 3.63) is 0 Å². The largest absolute Gasteiger partial charge is 0.388 e. The maximum Gasteiger partial charge on any atom is 0.315 e. The highest BCUT2D eigenvalue weighted by Crippen LogP contribution is 2.12. The van der Waals surface area contributed by atoms with Crippen LogP contribution in [0.4, 0.5) is 8.78 Å². The lowest BCUT2D eigenvalue weighted by atomic mass is 10.3. The van der Waals surface area contributed by atoms with E-state index in [0.29, 0.717) is 0 Å². The highest BCUT2D eigenvalue weighted by Gasteiger charge is 2.35. The molecule has 2 atom stereocenters. The average molecular weight is 181 g/mol. The standard InChI is InChI=1S/C6H9F2NO3/c7-5(8)6(12)9-1-3(10)4(11)2-9/h3-5,10-11H,1-2H2/t3-,4+. The van der Waals surface area contributed by atoms with Gasteiger partial charge in [0.2, 0.25) is 0 Å². The summed E-state index contributed by atoms with van der Waals surface area (Å²) in [4.78, 5) is 11.3. The first-order chi connectivity index (χ1) is 5.52. The van der Waals surface area contributed by atoms with Gasteiger partial charge in [0.1, 0.15) is 0 Å². The van der Waals surface area contributed by atoms with E-state index in [1.165, 1.54) is 0 Å². The fraction of sp³-hybridized carbons (Fsp3) is 0.833. The quantitative estimate of drug-likeness (QED) is 0.535. The van der Waals surface area contributed by atoms with E-state index in [0.717, 1.165) is 4.90 Å². The van der Waals surface area contributed by atoms with Crippen LogP contribution in [0.3, 0.4) is 0 Å². The maximum absolute atomic E-state index is 11.8. The molecule has 1 rings (SSSR count). The van der Waals surface area contributed by atoms with E-state index in [1.54, 1.807) is 0 Å². The number of aliphatic hydroxyl groups excluding tert-OH is 2. The molecule has 1 fully saturated rings. The summed E-state index contributed by atoms with van der Waals surface area (Å²) in [6.07, 6.45) is -5.28. The summed E-state index contributed by atoms with van der Waals surface area (Å²) in [6, 6.07) is 0. The normalized spacial score (nSPS) is 29.9. The van der Waals surface area contributed by atoms with Gasteiger partial charge >= 0.3 is 6.43 Å². The van der Waals surface area contributed by atoms with Gasteiger partial charge in [-0.15, -0.1) is 0 Å². The van der Waals surface area contributed by atoms with Gasteiger partial charge in [0.05, 0.1) is 12.2 Å². The molecular formula is C6H9F2NO3. The predicted molar refractivity (Wildman–Crippen MR) is 34.6 cm³/mol. The zero-order chi connectivity index (χ0) is 9.30. The van der Waals surface area contributed by atoms with Crippen LogP contribution in [0, 0.1) is 0 Å². The minimum Gasteiger partial charge on any atom is -0.388 e. The molecule has 1 heterocycles. The number of carbonyl (C=O) groups is 1. The van der Waals surface area contributed by atoms with Crippen molar-refractivity contribution in [3.8, 4) is 0 Å². The molecule has 0 spiro atoms. The lowest BCUT2D eigenvalue weighted by Gasteiger charge is -2.13. The van der Waals surface area contributed by atoms with Crippen LogP contribution in [0.5, 0.6) is 0 Å². The summed E-state index contributed by atoms with van der Waals surface area (Å²) in [5.41, 5.74) is 0. The van der Waals surface area contributed by atoms with Gasteiger partial charge in [-0.05, 0) is 0 Å². The molecule has 1 aliphatic heterocycles. The van der Waals surface area contributed by atoms with E-state index >= 15 is 0 Å². The van der Waals surface area contributed by atoms with E-state index in [4.69, 9.17) is 10.2 Å². The zero-order valence-corrected chi connectivity index (χ0v) is 6.15. The van der Waals surface area contributed by atoms with Gasteiger partial charge in [-0.3, -0.25) is 4.79 Å². The molecule has 0 bridgehead atoms. The Morgan fingerprint density at radius 3 is 2.08 bits per heavy atom. The molecule has 4 nitrogen and oxygen atoms in total. The summed E-state index contributed by atoms with van der Waals surface area (Å²) in [6.45, 7) is -0.436. The summed E-state index contributed by atoms with van der Waals surface area (Å²) in [5.74, 6) is -1.34. The molecule has 1 aliphatic rings. The van der Waals surface area contributed by atoms with E-state index in [9.17, 15) is 13.6 Å². The van der Waals surface area contributed by atoms with E-state index < -0.39 is 24.5 Å².